The Bertz CT molecular complexity index is 961. The van der Waals surface area contributed by atoms with E-state index < -0.39 is 0 Å². The number of nitrogens with zero attached hydrogens (tertiary/aromatic N) is 7. The second kappa shape index (κ2) is 6.97. The van der Waals surface area contributed by atoms with E-state index in [1.165, 1.54) is 11.3 Å². The number of nitrogens with one attached hydrogen (secondary N) is 1. The van der Waals surface area contributed by atoms with Gasteiger partial charge >= 0.3 is 0 Å². The zero-order chi connectivity index (χ0) is 16.9. The molecule has 0 spiro atoms. The number of hydrogen-bond donors (Lipinski definition) is 1. The maximum absolute atomic E-state index is 4.38. The lowest BCUT2D eigenvalue weighted by atomic mass is 10.3. The number of hydrogen-bond acceptors (Lipinski definition) is 8. The van der Waals surface area contributed by atoms with Gasteiger partial charge in [0.1, 0.15) is 11.3 Å². The lowest BCUT2D eigenvalue weighted by Gasteiger charge is -2.01. The number of imidazole rings is 1. The van der Waals surface area contributed by atoms with Gasteiger partial charge in [0.15, 0.2) is 11.6 Å². The molecule has 0 amide bonds. The van der Waals surface area contributed by atoms with E-state index in [-0.39, 0.29) is 0 Å². The first-order valence-corrected chi connectivity index (χ1v) is 8.17. The molecule has 4 heterocycles. The van der Waals surface area contributed by atoms with E-state index in [9.17, 15) is 0 Å². The van der Waals surface area contributed by atoms with Gasteiger partial charge in [-0.25, -0.2) is 9.97 Å². The van der Waals surface area contributed by atoms with Gasteiger partial charge in [0.05, 0.1) is 11.1 Å². The van der Waals surface area contributed by atoms with Gasteiger partial charge < -0.3 is 0 Å². The lowest BCUT2D eigenvalue weighted by Crippen LogP contribution is -1.99. The molecule has 0 aromatic carbocycles. The van der Waals surface area contributed by atoms with E-state index in [4.69, 9.17) is 0 Å². The quantitative estimate of drug-likeness (QED) is 0.440. The van der Waals surface area contributed by atoms with Crippen LogP contribution < -0.4 is 5.43 Å². The Labute approximate surface area is 147 Å². The highest BCUT2D eigenvalue weighted by Gasteiger charge is 2.03. The van der Waals surface area contributed by atoms with Gasteiger partial charge in [-0.1, -0.05) is 0 Å². The molecule has 4 aromatic rings. The second-order valence-electron chi connectivity index (χ2n) is 4.93. The van der Waals surface area contributed by atoms with E-state index in [2.05, 4.69) is 35.7 Å². The van der Waals surface area contributed by atoms with Gasteiger partial charge in [-0.2, -0.15) is 5.10 Å². The first-order chi connectivity index (χ1) is 12.4. The van der Waals surface area contributed by atoms with Crippen LogP contribution in [-0.2, 0) is 0 Å². The van der Waals surface area contributed by atoms with Crippen LogP contribution in [0.15, 0.2) is 66.7 Å². The van der Waals surface area contributed by atoms with Crippen molar-refractivity contribution in [2.24, 2.45) is 5.10 Å². The van der Waals surface area contributed by atoms with Crippen molar-refractivity contribution in [3.8, 4) is 16.4 Å². The third-order valence-electron chi connectivity index (χ3n) is 3.22. The Morgan fingerprint density at radius 3 is 2.84 bits per heavy atom. The zero-order valence-corrected chi connectivity index (χ0v) is 13.7. The van der Waals surface area contributed by atoms with E-state index in [1.54, 1.807) is 54.2 Å². The summed E-state index contributed by atoms with van der Waals surface area (Å²) < 4.78 is 1.78. The van der Waals surface area contributed by atoms with Crippen LogP contribution in [0.4, 0.5) is 5.82 Å². The number of aromatic nitrogens is 6. The van der Waals surface area contributed by atoms with Gasteiger partial charge in [-0.3, -0.25) is 15.0 Å². The van der Waals surface area contributed by atoms with Crippen molar-refractivity contribution in [2.75, 3.05) is 5.43 Å². The monoisotopic (exact) mass is 348 g/mol. The third kappa shape index (κ3) is 3.56. The van der Waals surface area contributed by atoms with Crippen LogP contribution in [0.3, 0.4) is 0 Å². The molecule has 8 nitrogen and oxygen atoms in total. The molecule has 0 bridgehead atoms. The Morgan fingerprint density at radius 2 is 2.08 bits per heavy atom. The molecule has 0 atom stereocenters. The topological polar surface area (TPSA) is 93.8 Å². The molecule has 4 rings (SSSR count). The molecule has 0 saturated heterocycles. The number of pyridine rings is 1. The molecule has 1 N–H and O–H groups in total. The minimum absolute atomic E-state index is 0.553. The molecule has 0 saturated carbocycles. The fraction of sp³-hybridized carbons (Fsp3) is 0. The summed E-state index contributed by atoms with van der Waals surface area (Å²) >= 11 is 1.54. The first kappa shape index (κ1) is 15.1. The summed E-state index contributed by atoms with van der Waals surface area (Å²) in [5.74, 6) is 1.24. The fourth-order valence-corrected chi connectivity index (χ4v) is 2.83. The van der Waals surface area contributed by atoms with E-state index >= 15 is 0 Å². The van der Waals surface area contributed by atoms with E-state index in [0.29, 0.717) is 11.6 Å². The Hall–Kier alpha value is -3.46. The normalized spacial score (nSPS) is 11.0. The largest absolute Gasteiger partial charge is 0.289 e. The lowest BCUT2D eigenvalue weighted by molar-refractivity contribution is 0.911. The van der Waals surface area contributed by atoms with Crippen molar-refractivity contribution in [1.29, 1.82) is 0 Å². The molecule has 0 radical (unpaired) electrons. The summed E-state index contributed by atoms with van der Waals surface area (Å²) in [6, 6.07) is 7.49. The Kier molecular flexibility index (Phi) is 4.21. The average molecular weight is 348 g/mol. The number of anilines is 1. The summed E-state index contributed by atoms with van der Waals surface area (Å²) in [4.78, 5) is 13.4. The van der Waals surface area contributed by atoms with Crippen LogP contribution in [0.5, 0.6) is 0 Å². The highest BCUT2D eigenvalue weighted by atomic mass is 32.1. The van der Waals surface area contributed by atoms with Crippen molar-refractivity contribution in [3.05, 3.63) is 66.5 Å². The minimum atomic E-state index is 0.553. The summed E-state index contributed by atoms with van der Waals surface area (Å²) in [5, 5.41) is 13.3. The third-order valence-corrected chi connectivity index (χ3v) is 4.20. The summed E-state index contributed by atoms with van der Waals surface area (Å²) in [5.41, 5.74) is 3.84. The van der Waals surface area contributed by atoms with Crippen LogP contribution in [0.1, 0.15) is 4.88 Å². The number of thiazole rings is 1. The zero-order valence-electron chi connectivity index (χ0n) is 12.9. The molecule has 0 aliphatic rings. The molecule has 0 unspecified atom stereocenters. The van der Waals surface area contributed by atoms with Crippen molar-refractivity contribution in [2.45, 2.75) is 0 Å². The minimum Gasteiger partial charge on any atom is -0.289 e. The summed E-state index contributed by atoms with van der Waals surface area (Å²) in [7, 11) is 0. The highest BCUT2D eigenvalue weighted by Crippen LogP contribution is 2.23. The van der Waals surface area contributed by atoms with Crippen molar-refractivity contribution in [1.82, 2.24) is 29.7 Å². The van der Waals surface area contributed by atoms with Crippen LogP contribution in [0.25, 0.3) is 16.4 Å². The Morgan fingerprint density at radius 1 is 1.08 bits per heavy atom. The van der Waals surface area contributed by atoms with Gasteiger partial charge in [-0.05, 0) is 24.3 Å². The van der Waals surface area contributed by atoms with E-state index in [1.807, 2.05) is 18.2 Å². The van der Waals surface area contributed by atoms with Crippen LogP contribution in [0, 0.1) is 0 Å². The standard InChI is InChI=1S/C16H12N8S/c1-2-12(8-17-5-1)16-19-9-13(25-16)10-20-21-14-3-4-15(23-22-14)24-7-6-18-11-24/h1-11H,(H,21,22)/b20-10+. The summed E-state index contributed by atoms with van der Waals surface area (Å²) in [6.45, 7) is 0. The first-order valence-electron chi connectivity index (χ1n) is 7.36. The summed E-state index contributed by atoms with van der Waals surface area (Å²) in [6.07, 6.45) is 12.2. The molecule has 0 fully saturated rings. The smallest absolute Gasteiger partial charge is 0.168 e. The molecular weight excluding hydrogens is 336 g/mol. The molecule has 25 heavy (non-hydrogen) atoms. The number of rotatable bonds is 5. The fourth-order valence-electron chi connectivity index (χ4n) is 2.05. The average Bonchev–Trinajstić information content (AvgIpc) is 3.35. The molecule has 0 aliphatic heterocycles. The molecular formula is C16H12N8S. The molecule has 122 valence electrons. The molecule has 9 heteroatoms. The van der Waals surface area contributed by atoms with Crippen LogP contribution in [0.2, 0.25) is 0 Å². The predicted molar refractivity (Wildman–Crippen MR) is 95.7 cm³/mol. The van der Waals surface area contributed by atoms with Crippen LogP contribution >= 0.6 is 11.3 Å². The van der Waals surface area contributed by atoms with Gasteiger partial charge in [0.25, 0.3) is 0 Å². The van der Waals surface area contributed by atoms with Crippen molar-refractivity contribution in [3.63, 3.8) is 0 Å². The van der Waals surface area contributed by atoms with Gasteiger partial charge in [-0.15, -0.1) is 21.5 Å². The molecule has 0 aliphatic carbocycles. The molecule has 4 aromatic heterocycles. The van der Waals surface area contributed by atoms with Gasteiger partial charge in [0, 0.05) is 36.5 Å². The van der Waals surface area contributed by atoms with E-state index in [0.717, 1.165) is 15.4 Å². The Balaban J connectivity index is 1.40. The maximum Gasteiger partial charge on any atom is 0.168 e. The van der Waals surface area contributed by atoms with Crippen molar-refractivity contribution >= 4 is 23.4 Å². The SMILES string of the molecule is C(=N\Nc1ccc(-n2ccnc2)nn1)/c1cnc(-c2cccnc2)s1. The van der Waals surface area contributed by atoms with Gasteiger partial charge in [0.2, 0.25) is 0 Å². The highest BCUT2D eigenvalue weighted by molar-refractivity contribution is 7.16. The number of hydrazone groups is 1. The van der Waals surface area contributed by atoms with Crippen LogP contribution in [-0.4, -0.2) is 35.9 Å². The predicted octanol–water partition coefficient (Wildman–Crippen LogP) is 2.63. The second-order valence-corrected chi connectivity index (χ2v) is 5.99. The van der Waals surface area contributed by atoms with Crippen molar-refractivity contribution < 1.29 is 0 Å². The maximum atomic E-state index is 4.38.